The summed E-state index contributed by atoms with van der Waals surface area (Å²) in [6.07, 6.45) is 5.43. The lowest BCUT2D eigenvalue weighted by Crippen LogP contribution is -2.59. The maximum atomic E-state index is 11.5. The Morgan fingerprint density at radius 3 is 2.95 bits per heavy atom. The fraction of sp³-hybridized carbons (Fsp3) is 0.714. The molecule has 2 aliphatic rings. The van der Waals surface area contributed by atoms with Gasteiger partial charge < -0.3 is 10.0 Å². The third-order valence-electron chi connectivity index (χ3n) is 4.36. The molecule has 6 nitrogen and oxygen atoms in total. The molecular weight excluding hydrogens is 256 g/mol. The molecule has 2 fully saturated rings. The normalized spacial score (nSPS) is 28.4. The van der Waals surface area contributed by atoms with Crippen molar-refractivity contribution in [1.29, 1.82) is 0 Å². The zero-order valence-corrected chi connectivity index (χ0v) is 11.9. The van der Waals surface area contributed by atoms with Crippen LogP contribution in [-0.4, -0.2) is 68.9 Å². The Balaban J connectivity index is 1.52. The van der Waals surface area contributed by atoms with Crippen molar-refractivity contribution in [3.05, 3.63) is 18.5 Å². The fourth-order valence-corrected chi connectivity index (χ4v) is 3.26. The maximum Gasteiger partial charge on any atom is 0.219 e. The van der Waals surface area contributed by atoms with Gasteiger partial charge in [0.15, 0.2) is 0 Å². The number of aromatic nitrogens is 2. The summed E-state index contributed by atoms with van der Waals surface area (Å²) < 4.78 is 1.98. The molecule has 0 bridgehead atoms. The molecule has 1 amide bonds. The highest BCUT2D eigenvalue weighted by Gasteiger charge is 2.39. The highest BCUT2D eigenvalue weighted by Crippen LogP contribution is 2.27. The quantitative estimate of drug-likeness (QED) is 0.853. The number of aliphatic hydroxyl groups is 1. The molecule has 6 heteroatoms. The number of hydrogen-bond acceptors (Lipinski definition) is 4. The molecule has 110 valence electrons. The van der Waals surface area contributed by atoms with Crippen LogP contribution in [0.4, 0.5) is 0 Å². The van der Waals surface area contributed by atoms with Crippen LogP contribution in [0.25, 0.3) is 0 Å². The van der Waals surface area contributed by atoms with Crippen LogP contribution in [0.2, 0.25) is 0 Å². The van der Waals surface area contributed by atoms with E-state index >= 15 is 0 Å². The molecule has 2 saturated heterocycles. The van der Waals surface area contributed by atoms with Gasteiger partial charge in [-0.05, 0) is 18.9 Å². The van der Waals surface area contributed by atoms with Gasteiger partial charge in [0.25, 0.3) is 0 Å². The predicted octanol–water partition coefficient (Wildman–Crippen LogP) is 0.113. The summed E-state index contributed by atoms with van der Waals surface area (Å²) >= 11 is 0. The number of β-amino-alcohol motifs (C(OH)–C–C–N with tert-alkyl or cyclic N) is 1. The Kier molecular flexibility index (Phi) is 3.52. The number of rotatable bonds is 3. The van der Waals surface area contributed by atoms with Gasteiger partial charge in [-0.2, -0.15) is 5.10 Å². The SMILES string of the molecule is CC(=O)N1CCCC(O)(CN2CC(n3cccn3)C2)C1. The van der Waals surface area contributed by atoms with E-state index in [4.69, 9.17) is 0 Å². The van der Waals surface area contributed by atoms with Crippen LogP contribution in [0.15, 0.2) is 18.5 Å². The number of nitrogens with zero attached hydrogens (tertiary/aromatic N) is 4. The minimum absolute atomic E-state index is 0.0566. The largest absolute Gasteiger partial charge is 0.387 e. The first-order valence-corrected chi connectivity index (χ1v) is 7.25. The van der Waals surface area contributed by atoms with E-state index in [-0.39, 0.29) is 5.91 Å². The second kappa shape index (κ2) is 5.18. The van der Waals surface area contributed by atoms with Crippen LogP contribution in [0.3, 0.4) is 0 Å². The van der Waals surface area contributed by atoms with E-state index in [9.17, 15) is 9.90 Å². The first kappa shape index (κ1) is 13.6. The average molecular weight is 278 g/mol. The molecule has 1 N–H and O–H groups in total. The second-order valence-corrected chi connectivity index (χ2v) is 6.10. The fourth-order valence-electron chi connectivity index (χ4n) is 3.26. The number of piperidine rings is 1. The Bertz CT molecular complexity index is 470. The van der Waals surface area contributed by atoms with Gasteiger partial charge in [0.1, 0.15) is 0 Å². The molecule has 1 unspecified atom stereocenters. The zero-order chi connectivity index (χ0) is 14.2. The minimum atomic E-state index is -0.751. The summed E-state index contributed by atoms with van der Waals surface area (Å²) in [5.41, 5.74) is -0.751. The molecule has 0 spiro atoms. The van der Waals surface area contributed by atoms with E-state index in [1.54, 1.807) is 18.0 Å². The molecule has 1 aromatic heterocycles. The summed E-state index contributed by atoms with van der Waals surface area (Å²) in [5.74, 6) is 0.0566. The van der Waals surface area contributed by atoms with Crippen molar-refractivity contribution in [2.24, 2.45) is 0 Å². The zero-order valence-electron chi connectivity index (χ0n) is 11.9. The third kappa shape index (κ3) is 2.71. The lowest BCUT2D eigenvalue weighted by atomic mass is 9.90. The molecule has 3 heterocycles. The Morgan fingerprint density at radius 2 is 2.30 bits per heavy atom. The molecule has 1 aromatic rings. The molecular formula is C14H22N4O2. The van der Waals surface area contributed by atoms with Crippen molar-refractivity contribution in [3.8, 4) is 0 Å². The van der Waals surface area contributed by atoms with E-state index in [1.807, 2.05) is 16.9 Å². The number of carbonyl (C=O) groups is 1. The minimum Gasteiger partial charge on any atom is -0.387 e. The number of amides is 1. The molecule has 3 rings (SSSR count). The first-order valence-electron chi connectivity index (χ1n) is 7.25. The number of likely N-dealkylation sites (tertiary alicyclic amines) is 2. The summed E-state index contributed by atoms with van der Waals surface area (Å²) in [7, 11) is 0. The molecule has 0 saturated carbocycles. The third-order valence-corrected chi connectivity index (χ3v) is 4.36. The van der Waals surface area contributed by atoms with Crippen LogP contribution < -0.4 is 0 Å². The van der Waals surface area contributed by atoms with E-state index in [0.29, 0.717) is 19.1 Å². The topological polar surface area (TPSA) is 61.6 Å². The lowest BCUT2D eigenvalue weighted by molar-refractivity contribution is -0.138. The van der Waals surface area contributed by atoms with Crippen molar-refractivity contribution < 1.29 is 9.90 Å². The van der Waals surface area contributed by atoms with E-state index in [2.05, 4.69) is 10.00 Å². The molecule has 0 radical (unpaired) electrons. The molecule has 0 aliphatic carbocycles. The van der Waals surface area contributed by atoms with Gasteiger partial charge in [0.05, 0.1) is 18.2 Å². The van der Waals surface area contributed by atoms with Crippen molar-refractivity contribution in [3.63, 3.8) is 0 Å². The summed E-state index contributed by atoms with van der Waals surface area (Å²) in [5, 5.41) is 14.9. The molecule has 0 aromatic carbocycles. The molecule has 1 atom stereocenters. The standard InChI is InChI=1S/C14H22N4O2/c1-12(19)17-6-2-4-14(20,11-17)10-16-8-13(9-16)18-7-3-5-15-18/h3,5,7,13,20H,2,4,6,8-11H2,1H3. The van der Waals surface area contributed by atoms with Crippen molar-refractivity contribution in [2.45, 2.75) is 31.4 Å². The number of carbonyl (C=O) groups excluding carboxylic acids is 1. The summed E-state index contributed by atoms with van der Waals surface area (Å²) in [6, 6.07) is 2.35. The average Bonchev–Trinajstić information content (AvgIpc) is 2.86. The Morgan fingerprint density at radius 1 is 1.50 bits per heavy atom. The first-order chi connectivity index (χ1) is 9.56. The highest BCUT2D eigenvalue weighted by atomic mass is 16.3. The Labute approximate surface area is 119 Å². The maximum absolute atomic E-state index is 11.5. The monoisotopic (exact) mass is 278 g/mol. The van der Waals surface area contributed by atoms with Crippen LogP contribution in [0, 0.1) is 0 Å². The van der Waals surface area contributed by atoms with E-state index in [1.165, 1.54) is 0 Å². The van der Waals surface area contributed by atoms with Crippen molar-refractivity contribution in [1.82, 2.24) is 19.6 Å². The van der Waals surface area contributed by atoms with Crippen LogP contribution in [0.1, 0.15) is 25.8 Å². The van der Waals surface area contributed by atoms with Crippen molar-refractivity contribution >= 4 is 5.91 Å². The lowest BCUT2D eigenvalue weighted by Gasteiger charge is -2.46. The summed E-state index contributed by atoms with van der Waals surface area (Å²) in [4.78, 5) is 15.5. The van der Waals surface area contributed by atoms with Gasteiger partial charge in [-0.25, -0.2) is 0 Å². The van der Waals surface area contributed by atoms with Gasteiger partial charge >= 0.3 is 0 Å². The summed E-state index contributed by atoms with van der Waals surface area (Å²) in [6.45, 7) is 5.30. The van der Waals surface area contributed by atoms with Crippen molar-refractivity contribution in [2.75, 3.05) is 32.7 Å². The van der Waals surface area contributed by atoms with Gasteiger partial charge in [-0.3, -0.25) is 14.4 Å². The Hall–Kier alpha value is -1.40. The van der Waals surface area contributed by atoms with E-state index in [0.717, 1.165) is 32.5 Å². The number of hydrogen-bond donors (Lipinski definition) is 1. The molecule has 2 aliphatic heterocycles. The van der Waals surface area contributed by atoms with Gasteiger partial charge in [-0.1, -0.05) is 0 Å². The highest BCUT2D eigenvalue weighted by molar-refractivity contribution is 5.73. The second-order valence-electron chi connectivity index (χ2n) is 6.10. The van der Waals surface area contributed by atoms with Gasteiger partial charge in [0.2, 0.25) is 5.91 Å². The predicted molar refractivity (Wildman–Crippen MR) is 74.1 cm³/mol. The van der Waals surface area contributed by atoms with Gasteiger partial charge in [0, 0.05) is 45.5 Å². The van der Waals surface area contributed by atoms with Gasteiger partial charge in [-0.15, -0.1) is 0 Å². The van der Waals surface area contributed by atoms with Crippen LogP contribution >= 0.6 is 0 Å². The van der Waals surface area contributed by atoms with Crippen LogP contribution in [0.5, 0.6) is 0 Å². The smallest absolute Gasteiger partial charge is 0.219 e. The molecule has 20 heavy (non-hydrogen) atoms. The van der Waals surface area contributed by atoms with Crippen LogP contribution in [-0.2, 0) is 4.79 Å². The van der Waals surface area contributed by atoms with E-state index < -0.39 is 5.60 Å².